The van der Waals surface area contributed by atoms with Crippen LogP contribution in [0.1, 0.15) is 5.56 Å². The number of benzene rings is 1. The molecule has 0 saturated carbocycles. The summed E-state index contributed by atoms with van der Waals surface area (Å²) in [7, 11) is 1.55. The molecule has 0 bridgehead atoms. The molecule has 0 atom stereocenters. The summed E-state index contributed by atoms with van der Waals surface area (Å²) in [5.74, 6) is -0.117. The Morgan fingerprint density at radius 2 is 1.89 bits per heavy atom. The number of nitrogens with one attached hydrogen (secondary N) is 2. The van der Waals surface area contributed by atoms with E-state index in [4.69, 9.17) is 4.74 Å². The third-order valence-corrected chi connectivity index (χ3v) is 4.10. The van der Waals surface area contributed by atoms with Crippen LogP contribution in [0, 0.1) is 0 Å². The smallest absolute Gasteiger partial charge is 0.383 e. The second kappa shape index (κ2) is 9.56. The van der Waals surface area contributed by atoms with Crippen LogP contribution in [0.15, 0.2) is 24.3 Å². The zero-order valence-corrected chi connectivity index (χ0v) is 15.0. The molecule has 0 aliphatic carbocycles. The van der Waals surface area contributed by atoms with Crippen LogP contribution in [0.5, 0.6) is 0 Å². The van der Waals surface area contributed by atoms with Crippen molar-refractivity contribution >= 4 is 17.6 Å². The number of methoxy groups -OCH3 is 1. The summed E-state index contributed by atoms with van der Waals surface area (Å²) >= 11 is 0. The maximum atomic E-state index is 12.7. The Balaban J connectivity index is 1.79. The van der Waals surface area contributed by atoms with Crippen LogP contribution in [0.4, 0.5) is 23.7 Å². The molecule has 0 aromatic heterocycles. The van der Waals surface area contributed by atoms with Gasteiger partial charge in [0.05, 0.1) is 18.7 Å². The van der Waals surface area contributed by atoms with Gasteiger partial charge in [-0.1, -0.05) is 6.07 Å². The fraction of sp³-hybridized carbons (Fsp3) is 0.529. The summed E-state index contributed by atoms with van der Waals surface area (Å²) in [6.07, 6.45) is -4.46. The molecule has 2 N–H and O–H groups in total. The first-order valence-corrected chi connectivity index (χ1v) is 8.51. The summed E-state index contributed by atoms with van der Waals surface area (Å²) in [5, 5.41) is 5.21. The fourth-order valence-electron chi connectivity index (χ4n) is 2.64. The highest BCUT2D eigenvalue weighted by molar-refractivity contribution is 5.89. The fourth-order valence-corrected chi connectivity index (χ4v) is 2.64. The number of ether oxygens (including phenoxy) is 1. The van der Waals surface area contributed by atoms with Crippen molar-refractivity contribution in [3.05, 3.63) is 29.8 Å². The lowest BCUT2D eigenvalue weighted by Gasteiger charge is -2.34. The summed E-state index contributed by atoms with van der Waals surface area (Å²) in [4.78, 5) is 27.4. The number of hydrogen-bond donors (Lipinski definition) is 2. The van der Waals surface area contributed by atoms with Gasteiger partial charge in [-0.05, 0) is 18.2 Å². The van der Waals surface area contributed by atoms with Gasteiger partial charge in [0, 0.05) is 45.5 Å². The molecule has 10 heteroatoms. The molecule has 7 nitrogen and oxygen atoms in total. The van der Waals surface area contributed by atoms with E-state index < -0.39 is 17.8 Å². The van der Waals surface area contributed by atoms with E-state index in [1.165, 1.54) is 17.0 Å². The third kappa shape index (κ3) is 6.72. The van der Waals surface area contributed by atoms with Crippen molar-refractivity contribution < 1.29 is 27.5 Å². The monoisotopic (exact) mass is 388 g/mol. The van der Waals surface area contributed by atoms with E-state index in [1.54, 1.807) is 7.11 Å². The molecule has 1 fully saturated rings. The maximum Gasteiger partial charge on any atom is 0.416 e. The van der Waals surface area contributed by atoms with Gasteiger partial charge in [-0.15, -0.1) is 0 Å². The number of hydrogen-bond acceptors (Lipinski definition) is 4. The van der Waals surface area contributed by atoms with Gasteiger partial charge < -0.3 is 20.3 Å². The minimum Gasteiger partial charge on any atom is -0.383 e. The summed E-state index contributed by atoms with van der Waals surface area (Å²) in [6.45, 7) is 2.89. The second-order valence-electron chi connectivity index (χ2n) is 6.11. The van der Waals surface area contributed by atoms with Crippen molar-refractivity contribution in [3.63, 3.8) is 0 Å². The van der Waals surface area contributed by atoms with E-state index in [1.807, 2.05) is 4.90 Å². The molecule has 1 aliphatic rings. The Morgan fingerprint density at radius 3 is 2.52 bits per heavy atom. The van der Waals surface area contributed by atoms with Crippen molar-refractivity contribution in [2.24, 2.45) is 0 Å². The van der Waals surface area contributed by atoms with Crippen LogP contribution < -0.4 is 10.6 Å². The van der Waals surface area contributed by atoms with Crippen LogP contribution >= 0.6 is 0 Å². The van der Waals surface area contributed by atoms with Gasteiger partial charge in [0.2, 0.25) is 5.91 Å². The lowest BCUT2D eigenvalue weighted by molar-refractivity contribution is -0.137. The third-order valence-electron chi connectivity index (χ3n) is 4.10. The van der Waals surface area contributed by atoms with Gasteiger partial charge in [-0.2, -0.15) is 13.2 Å². The number of anilines is 1. The van der Waals surface area contributed by atoms with Gasteiger partial charge in [-0.3, -0.25) is 9.69 Å². The second-order valence-corrected chi connectivity index (χ2v) is 6.11. The van der Waals surface area contributed by atoms with Crippen LogP contribution in [0.2, 0.25) is 0 Å². The number of carbonyl (C=O) groups excluding carboxylic acids is 2. The van der Waals surface area contributed by atoms with Crippen LogP contribution in [0.25, 0.3) is 0 Å². The van der Waals surface area contributed by atoms with Gasteiger partial charge in [0.25, 0.3) is 0 Å². The number of alkyl halides is 3. The Morgan fingerprint density at radius 1 is 1.19 bits per heavy atom. The lowest BCUT2D eigenvalue weighted by atomic mass is 10.2. The van der Waals surface area contributed by atoms with Crippen LogP contribution in [-0.4, -0.2) is 74.7 Å². The van der Waals surface area contributed by atoms with Crippen LogP contribution in [0.3, 0.4) is 0 Å². The van der Waals surface area contributed by atoms with Gasteiger partial charge in [0.15, 0.2) is 0 Å². The number of nitrogens with zero attached hydrogens (tertiary/aromatic N) is 2. The Labute approximate surface area is 155 Å². The summed E-state index contributed by atoms with van der Waals surface area (Å²) < 4.78 is 43.1. The minimum atomic E-state index is -4.46. The molecule has 1 aromatic carbocycles. The van der Waals surface area contributed by atoms with Crippen molar-refractivity contribution in [2.45, 2.75) is 6.18 Å². The average molecular weight is 388 g/mol. The van der Waals surface area contributed by atoms with Crippen LogP contribution in [-0.2, 0) is 15.7 Å². The SMILES string of the molecule is COCCNC(=O)CN1CCN(C(=O)Nc2cccc(C(F)(F)F)c2)CC1. The van der Waals surface area contributed by atoms with E-state index in [2.05, 4.69) is 10.6 Å². The Kier molecular flexibility index (Phi) is 7.43. The zero-order valence-electron chi connectivity index (χ0n) is 15.0. The molecule has 150 valence electrons. The quantitative estimate of drug-likeness (QED) is 0.727. The Bertz CT molecular complexity index is 647. The molecule has 1 aromatic rings. The standard InChI is InChI=1S/C17H23F3N4O3/c1-27-10-5-21-15(25)12-23-6-8-24(9-7-23)16(26)22-14-4-2-3-13(11-14)17(18,19)20/h2-4,11H,5-10,12H2,1H3,(H,21,25)(H,22,26). The molecule has 1 heterocycles. The van der Waals surface area contributed by atoms with Crippen molar-refractivity contribution in [2.75, 3.05) is 58.3 Å². The number of amides is 3. The van der Waals surface area contributed by atoms with Gasteiger partial charge in [-0.25, -0.2) is 4.79 Å². The van der Waals surface area contributed by atoms with E-state index in [9.17, 15) is 22.8 Å². The summed E-state index contributed by atoms with van der Waals surface area (Å²) in [6, 6.07) is 4.05. The Hall–Kier alpha value is -2.33. The van der Waals surface area contributed by atoms with E-state index >= 15 is 0 Å². The molecule has 3 amide bonds. The first-order valence-electron chi connectivity index (χ1n) is 8.51. The number of urea groups is 1. The minimum absolute atomic E-state index is 0.0924. The molecule has 2 rings (SSSR count). The molecule has 1 aliphatic heterocycles. The predicted molar refractivity (Wildman–Crippen MR) is 93.4 cm³/mol. The molecule has 0 spiro atoms. The van der Waals surface area contributed by atoms with Crippen molar-refractivity contribution in [3.8, 4) is 0 Å². The predicted octanol–water partition coefficient (Wildman–Crippen LogP) is 1.62. The maximum absolute atomic E-state index is 12.7. The number of rotatable bonds is 6. The zero-order chi connectivity index (χ0) is 19.9. The van der Waals surface area contributed by atoms with Gasteiger partial charge >= 0.3 is 12.2 Å². The molecule has 1 saturated heterocycles. The topological polar surface area (TPSA) is 73.9 Å². The summed E-state index contributed by atoms with van der Waals surface area (Å²) in [5.41, 5.74) is -0.723. The number of piperazine rings is 1. The number of halogens is 3. The van der Waals surface area contributed by atoms with E-state index in [-0.39, 0.29) is 18.1 Å². The highest BCUT2D eigenvalue weighted by Gasteiger charge is 2.30. The van der Waals surface area contributed by atoms with Crippen molar-refractivity contribution in [1.82, 2.24) is 15.1 Å². The normalized spacial score (nSPS) is 15.5. The molecule has 27 heavy (non-hydrogen) atoms. The van der Waals surface area contributed by atoms with E-state index in [0.717, 1.165) is 12.1 Å². The van der Waals surface area contributed by atoms with Crippen molar-refractivity contribution in [1.29, 1.82) is 0 Å². The first kappa shape index (κ1) is 21.0. The number of carbonyl (C=O) groups is 2. The molecule has 0 unspecified atom stereocenters. The molecule has 0 radical (unpaired) electrons. The lowest BCUT2D eigenvalue weighted by Crippen LogP contribution is -2.52. The molecular weight excluding hydrogens is 365 g/mol. The first-order chi connectivity index (χ1) is 12.8. The highest BCUT2D eigenvalue weighted by Crippen LogP contribution is 2.30. The largest absolute Gasteiger partial charge is 0.416 e. The highest BCUT2D eigenvalue weighted by atomic mass is 19.4. The average Bonchev–Trinajstić information content (AvgIpc) is 2.62. The van der Waals surface area contributed by atoms with E-state index in [0.29, 0.717) is 39.3 Å². The van der Waals surface area contributed by atoms with Gasteiger partial charge in [0.1, 0.15) is 0 Å². The molecular formula is C17H23F3N4O3.